The SMILES string of the molecule is O=c1[nH]c(=S)[nH]c2c1CCO2. The molecule has 2 N–H and O–H groups in total. The van der Waals surface area contributed by atoms with E-state index in [2.05, 4.69) is 9.97 Å². The van der Waals surface area contributed by atoms with Gasteiger partial charge in [0.2, 0.25) is 5.88 Å². The lowest BCUT2D eigenvalue weighted by Gasteiger charge is -1.95. The van der Waals surface area contributed by atoms with E-state index >= 15 is 0 Å². The zero-order valence-corrected chi connectivity index (χ0v) is 6.46. The second kappa shape index (κ2) is 2.20. The third kappa shape index (κ3) is 0.970. The second-order valence-electron chi connectivity index (χ2n) is 2.31. The van der Waals surface area contributed by atoms with Gasteiger partial charge in [-0.05, 0) is 12.2 Å². The van der Waals surface area contributed by atoms with Crippen molar-refractivity contribution in [1.82, 2.24) is 9.97 Å². The molecule has 4 nitrogen and oxygen atoms in total. The largest absolute Gasteiger partial charge is 0.478 e. The van der Waals surface area contributed by atoms with E-state index in [4.69, 9.17) is 17.0 Å². The summed E-state index contributed by atoms with van der Waals surface area (Å²) in [6.45, 7) is 0.563. The highest BCUT2D eigenvalue weighted by Crippen LogP contribution is 2.16. The van der Waals surface area contributed by atoms with Crippen LogP contribution >= 0.6 is 12.2 Å². The first-order valence-electron chi connectivity index (χ1n) is 3.25. The maximum atomic E-state index is 11.1. The molecule has 0 atom stereocenters. The van der Waals surface area contributed by atoms with E-state index in [-0.39, 0.29) is 5.56 Å². The lowest BCUT2D eigenvalue weighted by atomic mass is 10.3. The summed E-state index contributed by atoms with van der Waals surface area (Å²) in [5.74, 6) is 0.527. The van der Waals surface area contributed by atoms with E-state index in [1.54, 1.807) is 0 Å². The molecule has 0 aromatic carbocycles. The minimum atomic E-state index is -0.138. The Morgan fingerprint density at radius 3 is 3.09 bits per heavy atom. The van der Waals surface area contributed by atoms with E-state index in [0.29, 0.717) is 29.2 Å². The van der Waals surface area contributed by atoms with Gasteiger partial charge in [-0.3, -0.25) is 9.78 Å². The summed E-state index contributed by atoms with van der Waals surface area (Å²) < 4.78 is 5.43. The van der Waals surface area contributed by atoms with Crippen LogP contribution in [-0.4, -0.2) is 16.6 Å². The van der Waals surface area contributed by atoms with E-state index in [1.165, 1.54) is 0 Å². The molecular formula is C6H6N2O2S. The standard InChI is InChI=1S/C6H6N2O2S/c9-4-3-1-2-10-5(3)8-6(11)7-4/h1-2H2,(H2,7,8,9,11). The summed E-state index contributed by atoms with van der Waals surface area (Å²) in [7, 11) is 0. The quantitative estimate of drug-likeness (QED) is 0.553. The molecule has 0 saturated heterocycles. The Kier molecular flexibility index (Phi) is 1.32. The number of hydrogen-bond donors (Lipinski definition) is 2. The molecule has 0 radical (unpaired) electrons. The van der Waals surface area contributed by atoms with Crippen molar-refractivity contribution in [3.63, 3.8) is 0 Å². The van der Waals surface area contributed by atoms with Crippen LogP contribution in [-0.2, 0) is 6.42 Å². The number of fused-ring (bicyclic) bond motifs is 1. The van der Waals surface area contributed by atoms with Gasteiger partial charge in [-0.15, -0.1) is 0 Å². The Balaban J connectivity index is 2.80. The molecule has 0 bridgehead atoms. The molecule has 58 valence electrons. The van der Waals surface area contributed by atoms with Crippen LogP contribution in [0.5, 0.6) is 5.88 Å². The fourth-order valence-electron chi connectivity index (χ4n) is 1.10. The molecule has 1 aliphatic heterocycles. The van der Waals surface area contributed by atoms with Gasteiger partial charge in [0, 0.05) is 6.42 Å². The Labute approximate surface area is 67.2 Å². The lowest BCUT2D eigenvalue weighted by Crippen LogP contribution is -2.11. The smallest absolute Gasteiger partial charge is 0.258 e. The topological polar surface area (TPSA) is 57.9 Å². The Morgan fingerprint density at radius 1 is 1.45 bits per heavy atom. The van der Waals surface area contributed by atoms with E-state index < -0.39 is 0 Å². The monoisotopic (exact) mass is 170 g/mol. The van der Waals surface area contributed by atoms with Gasteiger partial charge < -0.3 is 9.72 Å². The first-order chi connectivity index (χ1) is 5.27. The van der Waals surface area contributed by atoms with Crippen molar-refractivity contribution in [2.24, 2.45) is 0 Å². The molecule has 11 heavy (non-hydrogen) atoms. The number of rotatable bonds is 0. The number of H-pyrrole nitrogens is 2. The molecule has 0 amide bonds. The molecule has 0 aliphatic carbocycles. The third-order valence-electron chi connectivity index (χ3n) is 1.60. The van der Waals surface area contributed by atoms with Gasteiger partial charge in [-0.1, -0.05) is 0 Å². The van der Waals surface area contributed by atoms with Crippen molar-refractivity contribution in [3.05, 3.63) is 20.7 Å². The van der Waals surface area contributed by atoms with Crippen LogP contribution in [0.4, 0.5) is 0 Å². The average Bonchev–Trinajstić information content (AvgIpc) is 2.34. The number of nitrogens with one attached hydrogen (secondary N) is 2. The van der Waals surface area contributed by atoms with Crippen molar-refractivity contribution in [3.8, 4) is 5.88 Å². The molecule has 0 fully saturated rings. The Hall–Kier alpha value is -1.10. The van der Waals surface area contributed by atoms with Crippen LogP contribution in [0.3, 0.4) is 0 Å². The van der Waals surface area contributed by atoms with Gasteiger partial charge in [0.05, 0.1) is 12.2 Å². The van der Waals surface area contributed by atoms with Crippen LogP contribution < -0.4 is 10.3 Å². The third-order valence-corrected chi connectivity index (χ3v) is 1.80. The summed E-state index contributed by atoms with van der Waals surface area (Å²) in [4.78, 5) is 16.4. The Morgan fingerprint density at radius 2 is 2.27 bits per heavy atom. The second-order valence-corrected chi connectivity index (χ2v) is 2.72. The molecule has 0 saturated carbocycles. The minimum Gasteiger partial charge on any atom is -0.478 e. The van der Waals surface area contributed by atoms with Crippen LogP contribution in [0.1, 0.15) is 5.56 Å². The summed E-state index contributed by atoms with van der Waals surface area (Å²) in [5, 5.41) is 0. The van der Waals surface area contributed by atoms with Gasteiger partial charge in [0.25, 0.3) is 5.56 Å². The normalized spacial score (nSPS) is 14.2. The average molecular weight is 170 g/mol. The summed E-state index contributed by atoms with van der Waals surface area (Å²) in [6.07, 6.45) is 0.663. The van der Waals surface area contributed by atoms with Crippen molar-refractivity contribution >= 4 is 12.2 Å². The molecule has 1 aromatic heterocycles. The van der Waals surface area contributed by atoms with E-state index in [0.717, 1.165) is 0 Å². The lowest BCUT2D eigenvalue weighted by molar-refractivity contribution is 0.344. The minimum absolute atomic E-state index is 0.138. The van der Waals surface area contributed by atoms with Crippen molar-refractivity contribution in [2.75, 3.05) is 6.61 Å². The zero-order valence-electron chi connectivity index (χ0n) is 5.64. The van der Waals surface area contributed by atoms with Crippen LogP contribution in [0.2, 0.25) is 0 Å². The molecule has 1 aromatic rings. The fourth-order valence-corrected chi connectivity index (χ4v) is 1.28. The molecule has 0 spiro atoms. The summed E-state index contributed by atoms with van der Waals surface area (Å²) in [6, 6.07) is 0. The van der Waals surface area contributed by atoms with E-state index in [9.17, 15) is 4.79 Å². The molecule has 5 heteroatoms. The first kappa shape index (κ1) is 6.60. The maximum Gasteiger partial charge on any atom is 0.258 e. The van der Waals surface area contributed by atoms with Gasteiger partial charge in [0.1, 0.15) is 0 Å². The molecule has 0 unspecified atom stereocenters. The molecule has 1 aliphatic rings. The van der Waals surface area contributed by atoms with Crippen molar-refractivity contribution in [1.29, 1.82) is 0 Å². The van der Waals surface area contributed by atoms with Crippen molar-refractivity contribution < 1.29 is 4.74 Å². The highest BCUT2D eigenvalue weighted by Gasteiger charge is 2.15. The number of aromatic nitrogens is 2. The highest BCUT2D eigenvalue weighted by molar-refractivity contribution is 7.71. The van der Waals surface area contributed by atoms with Crippen LogP contribution in [0, 0.1) is 4.77 Å². The predicted molar refractivity (Wildman–Crippen MR) is 41.4 cm³/mol. The van der Waals surface area contributed by atoms with Crippen LogP contribution in [0.25, 0.3) is 0 Å². The summed E-state index contributed by atoms with van der Waals surface area (Å²) >= 11 is 4.75. The maximum absolute atomic E-state index is 11.1. The highest BCUT2D eigenvalue weighted by atomic mass is 32.1. The summed E-state index contributed by atoms with van der Waals surface area (Å²) in [5.41, 5.74) is 0.528. The molecule has 2 heterocycles. The van der Waals surface area contributed by atoms with E-state index in [1.807, 2.05) is 0 Å². The number of aromatic amines is 2. The zero-order chi connectivity index (χ0) is 7.84. The van der Waals surface area contributed by atoms with Crippen molar-refractivity contribution in [2.45, 2.75) is 6.42 Å². The Bertz CT molecular complexity index is 392. The van der Waals surface area contributed by atoms with Gasteiger partial charge in [-0.2, -0.15) is 0 Å². The molecular weight excluding hydrogens is 164 g/mol. The van der Waals surface area contributed by atoms with Gasteiger partial charge >= 0.3 is 0 Å². The van der Waals surface area contributed by atoms with Crippen LogP contribution in [0.15, 0.2) is 4.79 Å². The number of hydrogen-bond acceptors (Lipinski definition) is 3. The fraction of sp³-hybridized carbons (Fsp3) is 0.333. The number of ether oxygens (including phenoxy) is 1. The predicted octanol–water partition coefficient (Wildman–Crippen LogP) is 0.367. The van der Waals surface area contributed by atoms with Gasteiger partial charge in [-0.25, -0.2) is 0 Å². The first-order valence-corrected chi connectivity index (χ1v) is 3.66. The van der Waals surface area contributed by atoms with Gasteiger partial charge in [0.15, 0.2) is 4.77 Å². The molecule has 2 rings (SSSR count).